The summed E-state index contributed by atoms with van der Waals surface area (Å²) in [4.78, 5) is 4.48. The topological polar surface area (TPSA) is 39.1 Å². The van der Waals surface area contributed by atoms with E-state index in [1.165, 1.54) is 12.8 Å². The molecule has 1 aromatic heterocycles. The van der Waals surface area contributed by atoms with Gasteiger partial charge in [-0.05, 0) is 25.7 Å². The molecular weight excluding hydrogens is 214 g/mol. The summed E-state index contributed by atoms with van der Waals surface area (Å²) in [5, 5.41) is 3.30. The molecule has 0 atom stereocenters. The first-order chi connectivity index (χ1) is 8.13. The number of hydrogen-bond acceptors (Lipinski definition) is 3. The van der Waals surface area contributed by atoms with E-state index < -0.39 is 0 Å². The van der Waals surface area contributed by atoms with Gasteiger partial charge in [0.25, 0.3) is 0 Å². The largest absolute Gasteiger partial charge is 0.383 e. The fourth-order valence-electron chi connectivity index (χ4n) is 1.79. The number of hydrogen-bond donors (Lipinski definition) is 1. The van der Waals surface area contributed by atoms with E-state index in [9.17, 15) is 0 Å². The molecule has 4 heteroatoms. The molecule has 4 nitrogen and oxygen atoms in total. The maximum absolute atomic E-state index is 5.02. The lowest BCUT2D eigenvalue weighted by Gasteiger charge is -2.10. The van der Waals surface area contributed by atoms with Crippen molar-refractivity contribution in [1.82, 2.24) is 9.55 Å². The molecule has 0 unspecified atom stereocenters. The van der Waals surface area contributed by atoms with Crippen molar-refractivity contribution in [1.29, 1.82) is 0 Å². The maximum Gasteiger partial charge on any atom is 0.203 e. The summed E-state index contributed by atoms with van der Waals surface area (Å²) < 4.78 is 7.23. The van der Waals surface area contributed by atoms with Crippen LogP contribution in [0.1, 0.15) is 32.4 Å². The van der Waals surface area contributed by atoms with E-state index in [0.717, 1.165) is 30.6 Å². The number of anilines is 1. The minimum absolute atomic E-state index is 0.706. The van der Waals surface area contributed by atoms with Gasteiger partial charge in [-0.2, -0.15) is 0 Å². The third-order valence-electron chi connectivity index (χ3n) is 2.67. The monoisotopic (exact) mass is 239 g/mol. The first-order valence-electron chi connectivity index (χ1n) is 6.40. The van der Waals surface area contributed by atoms with Crippen molar-refractivity contribution >= 4 is 5.95 Å². The van der Waals surface area contributed by atoms with Gasteiger partial charge in [0.2, 0.25) is 5.95 Å². The maximum atomic E-state index is 5.02. The predicted octanol–water partition coefficient (Wildman–Crippen LogP) is 2.69. The van der Waals surface area contributed by atoms with Crippen LogP contribution in [-0.4, -0.2) is 29.8 Å². The Morgan fingerprint density at radius 1 is 1.47 bits per heavy atom. The Balaban J connectivity index is 2.45. The number of aromatic nitrogens is 2. The zero-order chi connectivity index (χ0) is 12.7. The first-order valence-corrected chi connectivity index (χ1v) is 6.40. The first kappa shape index (κ1) is 14.0. The van der Waals surface area contributed by atoms with Gasteiger partial charge in [0.1, 0.15) is 0 Å². The highest BCUT2D eigenvalue weighted by atomic mass is 16.5. The smallest absolute Gasteiger partial charge is 0.203 e. The van der Waals surface area contributed by atoms with Crippen molar-refractivity contribution in [2.75, 3.05) is 25.6 Å². The molecule has 0 saturated carbocycles. The van der Waals surface area contributed by atoms with Gasteiger partial charge in [-0.1, -0.05) is 13.8 Å². The third-order valence-corrected chi connectivity index (χ3v) is 2.67. The van der Waals surface area contributed by atoms with E-state index in [4.69, 9.17) is 4.74 Å². The molecule has 1 N–H and O–H groups in total. The molecule has 0 saturated heterocycles. The van der Waals surface area contributed by atoms with Gasteiger partial charge in [0, 0.05) is 26.4 Å². The van der Waals surface area contributed by atoms with E-state index in [-0.39, 0.29) is 0 Å². The fraction of sp³-hybridized carbons (Fsp3) is 0.769. The second kappa shape index (κ2) is 7.33. The number of aryl methyl sites for hydroxylation is 2. The van der Waals surface area contributed by atoms with Gasteiger partial charge in [-0.3, -0.25) is 0 Å². The molecule has 0 bridgehead atoms. The van der Waals surface area contributed by atoms with Crippen molar-refractivity contribution in [2.24, 2.45) is 5.92 Å². The van der Waals surface area contributed by atoms with Crippen LogP contribution in [0.15, 0.2) is 6.20 Å². The molecule has 1 rings (SSSR count). The van der Waals surface area contributed by atoms with Crippen LogP contribution in [0.2, 0.25) is 0 Å². The number of nitrogens with zero attached hydrogens (tertiary/aromatic N) is 2. The lowest BCUT2D eigenvalue weighted by molar-refractivity contribution is 0.210. The molecule has 0 aromatic carbocycles. The minimum atomic E-state index is 0.706. The Morgan fingerprint density at radius 2 is 2.24 bits per heavy atom. The SMILES string of the molecule is COCCNc1nc(C)cn1CCCC(C)C. The Morgan fingerprint density at radius 3 is 2.88 bits per heavy atom. The van der Waals surface area contributed by atoms with Crippen LogP contribution in [0.5, 0.6) is 0 Å². The van der Waals surface area contributed by atoms with Crippen LogP contribution < -0.4 is 5.32 Å². The van der Waals surface area contributed by atoms with E-state index in [2.05, 4.69) is 34.9 Å². The van der Waals surface area contributed by atoms with Gasteiger partial charge in [0.05, 0.1) is 12.3 Å². The van der Waals surface area contributed by atoms with Crippen molar-refractivity contribution in [2.45, 2.75) is 40.2 Å². The molecule has 1 aromatic rings. The number of nitrogens with one attached hydrogen (secondary N) is 1. The number of imidazole rings is 1. The van der Waals surface area contributed by atoms with Crippen LogP contribution in [0.3, 0.4) is 0 Å². The summed E-state index contributed by atoms with van der Waals surface area (Å²) >= 11 is 0. The summed E-state index contributed by atoms with van der Waals surface area (Å²) in [6, 6.07) is 0. The van der Waals surface area contributed by atoms with Gasteiger partial charge in [0.15, 0.2) is 0 Å². The highest BCUT2D eigenvalue weighted by Gasteiger charge is 2.05. The molecule has 0 spiro atoms. The number of methoxy groups -OCH3 is 1. The average Bonchev–Trinajstić information content (AvgIpc) is 2.59. The Hall–Kier alpha value is -1.03. The van der Waals surface area contributed by atoms with E-state index in [1.807, 2.05) is 6.92 Å². The van der Waals surface area contributed by atoms with Crippen molar-refractivity contribution in [3.8, 4) is 0 Å². The van der Waals surface area contributed by atoms with Gasteiger partial charge in [-0.25, -0.2) is 4.98 Å². The van der Waals surface area contributed by atoms with Crippen LogP contribution in [0, 0.1) is 12.8 Å². The molecule has 0 fully saturated rings. The summed E-state index contributed by atoms with van der Waals surface area (Å²) in [5.74, 6) is 1.73. The third kappa shape index (κ3) is 5.22. The minimum Gasteiger partial charge on any atom is -0.383 e. The lowest BCUT2D eigenvalue weighted by Crippen LogP contribution is -2.12. The number of rotatable bonds is 8. The summed E-state index contributed by atoms with van der Waals surface area (Å²) in [6.45, 7) is 9.09. The van der Waals surface area contributed by atoms with E-state index in [0.29, 0.717) is 6.61 Å². The highest BCUT2D eigenvalue weighted by molar-refractivity contribution is 5.28. The second-order valence-electron chi connectivity index (χ2n) is 4.85. The molecule has 0 radical (unpaired) electrons. The highest BCUT2D eigenvalue weighted by Crippen LogP contribution is 2.11. The molecule has 98 valence electrons. The predicted molar refractivity (Wildman–Crippen MR) is 71.4 cm³/mol. The lowest BCUT2D eigenvalue weighted by atomic mass is 10.1. The van der Waals surface area contributed by atoms with Gasteiger partial charge in [-0.15, -0.1) is 0 Å². The van der Waals surface area contributed by atoms with Crippen LogP contribution in [0.4, 0.5) is 5.95 Å². The summed E-state index contributed by atoms with van der Waals surface area (Å²) in [5.41, 5.74) is 1.06. The van der Waals surface area contributed by atoms with E-state index in [1.54, 1.807) is 7.11 Å². The van der Waals surface area contributed by atoms with Crippen molar-refractivity contribution < 1.29 is 4.74 Å². The zero-order valence-electron chi connectivity index (χ0n) is 11.5. The Kier molecular flexibility index (Phi) is 6.05. The molecular formula is C13H25N3O. The average molecular weight is 239 g/mol. The van der Waals surface area contributed by atoms with Crippen molar-refractivity contribution in [3.63, 3.8) is 0 Å². The van der Waals surface area contributed by atoms with Gasteiger partial charge < -0.3 is 14.6 Å². The van der Waals surface area contributed by atoms with Crippen LogP contribution >= 0.6 is 0 Å². The molecule has 0 amide bonds. The quantitative estimate of drug-likeness (QED) is 0.709. The second-order valence-corrected chi connectivity index (χ2v) is 4.85. The molecule has 0 aliphatic carbocycles. The molecule has 0 aliphatic rings. The number of ether oxygens (including phenoxy) is 1. The Bertz CT molecular complexity index is 320. The van der Waals surface area contributed by atoms with Crippen molar-refractivity contribution in [3.05, 3.63) is 11.9 Å². The van der Waals surface area contributed by atoms with Crippen LogP contribution in [0.25, 0.3) is 0 Å². The van der Waals surface area contributed by atoms with E-state index >= 15 is 0 Å². The molecule has 0 aliphatic heterocycles. The molecule has 1 heterocycles. The standard InChI is InChI=1S/C13H25N3O/c1-11(2)6-5-8-16-10-12(3)15-13(16)14-7-9-17-4/h10-11H,5-9H2,1-4H3,(H,14,15). The molecule has 17 heavy (non-hydrogen) atoms. The van der Waals surface area contributed by atoms with Crippen LogP contribution in [-0.2, 0) is 11.3 Å². The fourth-order valence-corrected chi connectivity index (χ4v) is 1.79. The summed E-state index contributed by atoms with van der Waals surface area (Å²) in [7, 11) is 1.71. The van der Waals surface area contributed by atoms with Gasteiger partial charge >= 0.3 is 0 Å². The zero-order valence-corrected chi connectivity index (χ0v) is 11.5. The summed E-state index contributed by atoms with van der Waals surface area (Å²) in [6.07, 6.45) is 4.57. The Labute approximate surface area is 104 Å². The normalized spacial score (nSPS) is 11.1.